The fourth-order valence-electron chi connectivity index (χ4n) is 2.14. The molecule has 0 unspecified atom stereocenters. The molecule has 2 aromatic heterocycles. The van der Waals surface area contributed by atoms with Gasteiger partial charge in [0.15, 0.2) is 0 Å². The summed E-state index contributed by atoms with van der Waals surface area (Å²) >= 11 is 1.25. The number of carboxylic acids is 1. The number of aliphatic carboxylic acids is 1. The van der Waals surface area contributed by atoms with E-state index in [0.29, 0.717) is 11.9 Å². The minimum Gasteiger partial charge on any atom is -0.481 e. The van der Waals surface area contributed by atoms with Gasteiger partial charge in [0.1, 0.15) is 5.03 Å². The Morgan fingerprint density at radius 3 is 2.57 bits per heavy atom. The molecule has 0 aromatic carbocycles. The summed E-state index contributed by atoms with van der Waals surface area (Å²) in [6.45, 7) is 3.82. The van der Waals surface area contributed by atoms with E-state index >= 15 is 0 Å². The Balaban J connectivity index is 1.99. The second kappa shape index (κ2) is 5.48. The highest BCUT2D eigenvalue weighted by molar-refractivity contribution is 7.99. The van der Waals surface area contributed by atoms with E-state index in [4.69, 9.17) is 5.11 Å². The molecule has 0 aliphatic heterocycles. The SMILES string of the molecule is Cc1cc(C)nc(-n2nc(C3CC3)cc2SCC(=O)O)n1. The molecular formula is C14H16N4O2S. The molecule has 21 heavy (non-hydrogen) atoms. The number of carboxylic acid groups (broad SMARTS) is 1. The fourth-order valence-corrected chi connectivity index (χ4v) is 2.86. The molecule has 1 aliphatic carbocycles. The molecule has 1 fully saturated rings. The monoisotopic (exact) mass is 304 g/mol. The number of thioether (sulfide) groups is 1. The molecule has 7 heteroatoms. The van der Waals surface area contributed by atoms with Crippen molar-refractivity contribution >= 4 is 17.7 Å². The van der Waals surface area contributed by atoms with Gasteiger partial charge in [0.05, 0.1) is 11.4 Å². The van der Waals surface area contributed by atoms with E-state index in [0.717, 1.165) is 34.9 Å². The average Bonchev–Trinajstić information content (AvgIpc) is 3.15. The van der Waals surface area contributed by atoms with Crippen LogP contribution in [0.2, 0.25) is 0 Å². The topological polar surface area (TPSA) is 80.9 Å². The number of aromatic nitrogens is 4. The highest BCUT2D eigenvalue weighted by Gasteiger charge is 2.28. The van der Waals surface area contributed by atoms with Gasteiger partial charge in [-0.25, -0.2) is 9.97 Å². The van der Waals surface area contributed by atoms with E-state index in [1.807, 2.05) is 26.0 Å². The van der Waals surface area contributed by atoms with Crippen LogP contribution in [0.4, 0.5) is 0 Å². The number of carbonyl (C=O) groups is 1. The van der Waals surface area contributed by atoms with Gasteiger partial charge in [-0.3, -0.25) is 4.79 Å². The number of nitrogens with zero attached hydrogens (tertiary/aromatic N) is 4. The van der Waals surface area contributed by atoms with Crippen molar-refractivity contribution in [2.75, 3.05) is 5.75 Å². The molecule has 3 rings (SSSR count). The van der Waals surface area contributed by atoms with Gasteiger partial charge in [-0.1, -0.05) is 11.8 Å². The first kappa shape index (κ1) is 14.1. The van der Waals surface area contributed by atoms with E-state index < -0.39 is 5.97 Å². The van der Waals surface area contributed by atoms with Crippen LogP contribution in [0.3, 0.4) is 0 Å². The number of rotatable bonds is 5. The Bertz CT molecular complexity index is 674. The molecule has 1 aliphatic rings. The van der Waals surface area contributed by atoms with Crippen LogP contribution in [-0.4, -0.2) is 36.6 Å². The van der Waals surface area contributed by atoms with E-state index in [1.54, 1.807) is 4.68 Å². The number of hydrogen-bond acceptors (Lipinski definition) is 5. The molecule has 0 saturated heterocycles. The van der Waals surface area contributed by atoms with Crippen molar-refractivity contribution in [3.63, 3.8) is 0 Å². The lowest BCUT2D eigenvalue weighted by Gasteiger charge is -2.06. The molecule has 1 saturated carbocycles. The van der Waals surface area contributed by atoms with E-state index in [1.165, 1.54) is 11.8 Å². The lowest BCUT2D eigenvalue weighted by atomic mass is 10.3. The highest BCUT2D eigenvalue weighted by Crippen LogP contribution is 2.40. The van der Waals surface area contributed by atoms with E-state index in [9.17, 15) is 4.79 Å². The largest absolute Gasteiger partial charge is 0.481 e. The van der Waals surface area contributed by atoms with Crippen molar-refractivity contribution < 1.29 is 9.90 Å². The zero-order valence-electron chi connectivity index (χ0n) is 11.9. The van der Waals surface area contributed by atoms with Gasteiger partial charge in [0.2, 0.25) is 0 Å². The summed E-state index contributed by atoms with van der Waals surface area (Å²) < 4.78 is 1.67. The van der Waals surface area contributed by atoms with Crippen LogP contribution in [-0.2, 0) is 4.79 Å². The van der Waals surface area contributed by atoms with Crippen LogP contribution in [0.25, 0.3) is 5.95 Å². The van der Waals surface area contributed by atoms with Crippen LogP contribution in [0.5, 0.6) is 0 Å². The van der Waals surface area contributed by atoms with Crippen molar-refractivity contribution in [1.29, 1.82) is 0 Å². The number of hydrogen-bond donors (Lipinski definition) is 1. The minimum absolute atomic E-state index is 0.000593. The average molecular weight is 304 g/mol. The maximum absolute atomic E-state index is 10.8. The van der Waals surface area contributed by atoms with Gasteiger partial charge in [0, 0.05) is 17.3 Å². The summed E-state index contributed by atoms with van der Waals surface area (Å²) in [6.07, 6.45) is 2.29. The van der Waals surface area contributed by atoms with Crippen molar-refractivity contribution in [1.82, 2.24) is 19.7 Å². The standard InChI is InChI=1S/C14H16N4O2S/c1-8-5-9(2)16-14(15-8)18-12(21-7-13(19)20)6-11(17-18)10-3-4-10/h5-6,10H,3-4,7H2,1-2H3,(H,19,20). The summed E-state index contributed by atoms with van der Waals surface area (Å²) in [5, 5.41) is 14.2. The van der Waals surface area contributed by atoms with Crippen LogP contribution in [0.1, 0.15) is 35.8 Å². The zero-order valence-corrected chi connectivity index (χ0v) is 12.7. The summed E-state index contributed by atoms with van der Waals surface area (Å²) in [7, 11) is 0. The second-order valence-corrected chi connectivity index (χ2v) is 6.22. The van der Waals surface area contributed by atoms with Crippen molar-refractivity contribution in [2.24, 2.45) is 0 Å². The summed E-state index contributed by atoms with van der Waals surface area (Å²) in [6, 6.07) is 3.87. The van der Waals surface area contributed by atoms with Crippen LogP contribution < -0.4 is 0 Å². The Morgan fingerprint density at radius 1 is 1.33 bits per heavy atom. The van der Waals surface area contributed by atoms with Gasteiger partial charge >= 0.3 is 5.97 Å². The van der Waals surface area contributed by atoms with Crippen molar-refractivity contribution in [2.45, 2.75) is 37.6 Å². The Hall–Kier alpha value is -1.89. The lowest BCUT2D eigenvalue weighted by Crippen LogP contribution is -2.08. The van der Waals surface area contributed by atoms with E-state index in [2.05, 4.69) is 15.1 Å². The third-order valence-electron chi connectivity index (χ3n) is 3.19. The van der Waals surface area contributed by atoms with Crippen molar-refractivity contribution in [3.05, 3.63) is 29.2 Å². The van der Waals surface area contributed by atoms with Crippen LogP contribution in [0.15, 0.2) is 17.2 Å². The third-order valence-corrected chi connectivity index (χ3v) is 4.17. The minimum atomic E-state index is -0.845. The molecule has 2 heterocycles. The Labute approximate surface area is 126 Å². The summed E-state index contributed by atoms with van der Waals surface area (Å²) in [4.78, 5) is 19.6. The first-order valence-corrected chi connectivity index (χ1v) is 7.78. The van der Waals surface area contributed by atoms with Crippen LogP contribution >= 0.6 is 11.8 Å². The molecule has 0 spiro atoms. The first-order valence-electron chi connectivity index (χ1n) is 6.80. The predicted molar refractivity (Wildman–Crippen MR) is 79.0 cm³/mol. The maximum atomic E-state index is 10.8. The first-order chi connectivity index (χ1) is 10.0. The highest BCUT2D eigenvalue weighted by atomic mass is 32.2. The molecule has 0 atom stereocenters. The van der Waals surface area contributed by atoms with Crippen molar-refractivity contribution in [3.8, 4) is 5.95 Å². The summed E-state index contributed by atoms with van der Waals surface area (Å²) in [5.74, 6) is 0.163. The van der Waals surface area contributed by atoms with Gasteiger partial charge in [-0.05, 0) is 38.8 Å². The molecule has 0 radical (unpaired) electrons. The van der Waals surface area contributed by atoms with Gasteiger partial charge in [0.25, 0.3) is 5.95 Å². The molecule has 1 N–H and O–H groups in total. The Morgan fingerprint density at radius 2 is 2.00 bits per heavy atom. The van der Waals surface area contributed by atoms with E-state index in [-0.39, 0.29) is 5.75 Å². The smallest absolute Gasteiger partial charge is 0.313 e. The zero-order chi connectivity index (χ0) is 15.0. The molecule has 110 valence electrons. The summed E-state index contributed by atoms with van der Waals surface area (Å²) in [5.41, 5.74) is 2.75. The van der Waals surface area contributed by atoms with Crippen LogP contribution in [0, 0.1) is 13.8 Å². The second-order valence-electron chi connectivity index (χ2n) is 5.23. The Kier molecular flexibility index (Phi) is 3.67. The molecule has 6 nitrogen and oxygen atoms in total. The molecule has 0 amide bonds. The molecule has 0 bridgehead atoms. The maximum Gasteiger partial charge on any atom is 0.313 e. The van der Waals surface area contributed by atoms with Gasteiger partial charge in [-0.2, -0.15) is 9.78 Å². The third kappa shape index (κ3) is 3.24. The fraction of sp³-hybridized carbons (Fsp3) is 0.429. The number of aryl methyl sites for hydroxylation is 2. The molecular weight excluding hydrogens is 288 g/mol. The van der Waals surface area contributed by atoms with Gasteiger partial charge in [-0.15, -0.1) is 0 Å². The predicted octanol–water partition coefficient (Wildman–Crippen LogP) is 2.33. The lowest BCUT2D eigenvalue weighted by molar-refractivity contribution is -0.133. The molecule has 2 aromatic rings. The normalized spacial score (nSPS) is 14.4. The van der Waals surface area contributed by atoms with Gasteiger partial charge < -0.3 is 5.11 Å². The quantitative estimate of drug-likeness (QED) is 0.854.